The SMILES string of the molecule is CCc1cccc2c(/C=C3\SC(=O)N(Cc4ccc(Br)cc4)C3=O)cn(CC(=O)NC[C@@H]3CCCO3)c12. The molecule has 1 atom stereocenters. The Hall–Kier alpha value is -2.88. The first-order valence-corrected chi connectivity index (χ1v) is 14.0. The third kappa shape index (κ3) is 5.68. The van der Waals surface area contributed by atoms with Gasteiger partial charge < -0.3 is 14.6 Å². The molecule has 3 amide bonds. The normalized spacial score (nSPS) is 18.9. The van der Waals surface area contributed by atoms with E-state index in [-0.39, 0.29) is 36.2 Å². The van der Waals surface area contributed by atoms with Crippen molar-refractivity contribution in [3.05, 3.63) is 74.7 Å². The minimum Gasteiger partial charge on any atom is -0.376 e. The Morgan fingerprint density at radius 2 is 2.03 bits per heavy atom. The molecule has 37 heavy (non-hydrogen) atoms. The number of amides is 3. The molecule has 2 aliphatic rings. The summed E-state index contributed by atoms with van der Waals surface area (Å²) in [7, 11) is 0. The smallest absolute Gasteiger partial charge is 0.293 e. The summed E-state index contributed by atoms with van der Waals surface area (Å²) in [6.45, 7) is 3.73. The van der Waals surface area contributed by atoms with Gasteiger partial charge in [0.2, 0.25) is 5.91 Å². The second-order valence-corrected chi connectivity index (χ2v) is 11.1. The fourth-order valence-electron chi connectivity index (χ4n) is 4.78. The van der Waals surface area contributed by atoms with Gasteiger partial charge in [-0.1, -0.05) is 53.2 Å². The Bertz CT molecular complexity index is 1380. The molecule has 3 heterocycles. The molecular weight excluding hydrogens is 554 g/mol. The van der Waals surface area contributed by atoms with Crippen LogP contribution in [0.25, 0.3) is 17.0 Å². The fourth-order valence-corrected chi connectivity index (χ4v) is 5.88. The van der Waals surface area contributed by atoms with E-state index >= 15 is 0 Å². The summed E-state index contributed by atoms with van der Waals surface area (Å²) in [4.78, 5) is 40.3. The minimum atomic E-state index is -0.306. The van der Waals surface area contributed by atoms with E-state index in [9.17, 15) is 14.4 Å². The van der Waals surface area contributed by atoms with Crippen molar-refractivity contribution in [3.63, 3.8) is 0 Å². The second-order valence-electron chi connectivity index (χ2n) is 9.21. The van der Waals surface area contributed by atoms with Gasteiger partial charge in [0.1, 0.15) is 6.54 Å². The van der Waals surface area contributed by atoms with Crippen molar-refractivity contribution in [1.82, 2.24) is 14.8 Å². The number of nitrogens with one attached hydrogen (secondary N) is 1. The predicted molar refractivity (Wildman–Crippen MR) is 149 cm³/mol. The number of imide groups is 1. The molecule has 0 spiro atoms. The lowest BCUT2D eigenvalue weighted by molar-refractivity contribution is -0.123. The first kappa shape index (κ1) is 25.8. The van der Waals surface area contributed by atoms with E-state index in [2.05, 4.69) is 34.2 Å². The Morgan fingerprint density at radius 3 is 2.76 bits per heavy atom. The van der Waals surface area contributed by atoms with Crippen LogP contribution in [0.15, 0.2) is 58.0 Å². The molecule has 2 fully saturated rings. The number of hydrogen-bond donors (Lipinski definition) is 1. The van der Waals surface area contributed by atoms with Gasteiger partial charge in [-0.25, -0.2) is 0 Å². The number of aromatic nitrogens is 1. The van der Waals surface area contributed by atoms with Crippen molar-refractivity contribution < 1.29 is 19.1 Å². The number of carbonyl (C=O) groups is 3. The number of para-hydroxylation sites is 1. The number of rotatable bonds is 8. The molecule has 2 aliphatic heterocycles. The number of carbonyl (C=O) groups excluding carboxylic acids is 3. The number of aryl methyl sites for hydroxylation is 1. The summed E-state index contributed by atoms with van der Waals surface area (Å²) in [5.74, 6) is -0.389. The van der Waals surface area contributed by atoms with E-state index in [4.69, 9.17) is 4.74 Å². The van der Waals surface area contributed by atoms with Gasteiger partial charge in [0.05, 0.1) is 23.1 Å². The number of thioether (sulfide) groups is 1. The molecule has 0 unspecified atom stereocenters. The Kier molecular flexibility index (Phi) is 7.83. The van der Waals surface area contributed by atoms with Crippen LogP contribution in [0.5, 0.6) is 0 Å². The average molecular weight is 583 g/mol. The first-order chi connectivity index (χ1) is 17.9. The topological polar surface area (TPSA) is 80.6 Å². The van der Waals surface area contributed by atoms with Crippen molar-refractivity contribution in [1.29, 1.82) is 0 Å². The third-order valence-corrected chi connectivity index (χ3v) is 8.11. The zero-order chi connectivity index (χ0) is 25.9. The Labute approximate surface area is 228 Å². The molecule has 9 heteroatoms. The summed E-state index contributed by atoms with van der Waals surface area (Å²) in [5.41, 5.74) is 3.78. The van der Waals surface area contributed by atoms with Crippen molar-refractivity contribution in [2.45, 2.75) is 45.4 Å². The van der Waals surface area contributed by atoms with Gasteiger partial charge in [-0.15, -0.1) is 0 Å². The zero-order valence-electron chi connectivity index (χ0n) is 20.5. The van der Waals surface area contributed by atoms with Gasteiger partial charge in [-0.2, -0.15) is 0 Å². The van der Waals surface area contributed by atoms with Crippen LogP contribution in [0.1, 0.15) is 36.5 Å². The minimum absolute atomic E-state index is 0.0835. The van der Waals surface area contributed by atoms with Gasteiger partial charge in [-0.3, -0.25) is 19.3 Å². The highest BCUT2D eigenvalue weighted by Gasteiger charge is 2.35. The summed E-state index contributed by atoms with van der Waals surface area (Å²) >= 11 is 4.36. The van der Waals surface area contributed by atoms with E-state index in [0.29, 0.717) is 11.4 Å². The second kappa shape index (κ2) is 11.2. The lowest BCUT2D eigenvalue weighted by atomic mass is 10.1. The van der Waals surface area contributed by atoms with E-state index < -0.39 is 0 Å². The monoisotopic (exact) mass is 581 g/mol. The molecule has 0 bridgehead atoms. The number of halogens is 1. The summed E-state index contributed by atoms with van der Waals surface area (Å²) < 4.78 is 8.49. The van der Waals surface area contributed by atoms with Crippen LogP contribution < -0.4 is 5.32 Å². The van der Waals surface area contributed by atoms with Crippen LogP contribution in [0.3, 0.4) is 0 Å². The zero-order valence-corrected chi connectivity index (χ0v) is 22.9. The van der Waals surface area contributed by atoms with Crippen LogP contribution in [0.4, 0.5) is 4.79 Å². The molecule has 5 rings (SSSR count). The van der Waals surface area contributed by atoms with Gasteiger partial charge in [0.25, 0.3) is 11.1 Å². The van der Waals surface area contributed by atoms with Crippen LogP contribution in [0, 0.1) is 0 Å². The molecular formula is C28H28BrN3O4S. The molecule has 3 aromatic rings. The lowest BCUT2D eigenvalue weighted by Gasteiger charge is -2.12. The maximum absolute atomic E-state index is 13.2. The van der Waals surface area contributed by atoms with Crippen LogP contribution in [-0.4, -0.2) is 45.8 Å². The highest BCUT2D eigenvalue weighted by molar-refractivity contribution is 9.10. The van der Waals surface area contributed by atoms with Crippen molar-refractivity contribution in [2.75, 3.05) is 13.2 Å². The molecule has 192 valence electrons. The molecule has 0 saturated carbocycles. The highest BCUT2D eigenvalue weighted by Crippen LogP contribution is 2.35. The molecule has 1 N–H and O–H groups in total. The molecule has 7 nitrogen and oxygen atoms in total. The first-order valence-electron chi connectivity index (χ1n) is 12.4. The quantitative estimate of drug-likeness (QED) is 0.355. The fraction of sp³-hybridized carbons (Fsp3) is 0.321. The number of benzene rings is 2. The van der Waals surface area contributed by atoms with E-state index in [0.717, 1.165) is 69.7 Å². The van der Waals surface area contributed by atoms with Crippen molar-refractivity contribution in [2.24, 2.45) is 0 Å². The lowest BCUT2D eigenvalue weighted by Crippen LogP contribution is -2.34. The maximum Gasteiger partial charge on any atom is 0.293 e. The maximum atomic E-state index is 13.2. The standard InChI is InChI=1S/C28H28BrN3O4S/c1-2-19-5-3-7-23-20(16-31(26(19)23)17-25(33)30-14-22-6-4-12-36-22)13-24-27(34)32(28(35)37-24)15-18-8-10-21(29)11-9-18/h3,5,7-11,13,16,22H,2,4,6,12,14-15,17H2,1H3,(H,30,33)/b24-13-/t22-/m0/s1. The average Bonchev–Trinajstić information content (AvgIpc) is 3.60. The third-order valence-electron chi connectivity index (χ3n) is 6.67. The molecule has 2 saturated heterocycles. The van der Waals surface area contributed by atoms with Crippen molar-refractivity contribution >= 4 is 61.7 Å². The molecule has 2 aromatic carbocycles. The number of hydrogen-bond acceptors (Lipinski definition) is 5. The Balaban J connectivity index is 1.40. The van der Waals surface area contributed by atoms with Gasteiger partial charge in [0.15, 0.2) is 0 Å². The van der Waals surface area contributed by atoms with Crippen LogP contribution in [0.2, 0.25) is 0 Å². The largest absolute Gasteiger partial charge is 0.376 e. The molecule has 0 radical (unpaired) electrons. The van der Waals surface area contributed by atoms with E-state index in [1.807, 2.05) is 47.2 Å². The highest BCUT2D eigenvalue weighted by atomic mass is 79.9. The summed E-state index contributed by atoms with van der Waals surface area (Å²) in [6, 6.07) is 13.6. The van der Waals surface area contributed by atoms with Gasteiger partial charge in [0, 0.05) is 34.8 Å². The molecule has 0 aliphatic carbocycles. The number of fused-ring (bicyclic) bond motifs is 1. The predicted octanol–water partition coefficient (Wildman–Crippen LogP) is 5.50. The number of ether oxygens (including phenoxy) is 1. The van der Waals surface area contributed by atoms with Gasteiger partial charge in [-0.05, 0) is 60.4 Å². The molecule has 1 aromatic heterocycles. The van der Waals surface area contributed by atoms with Crippen LogP contribution >= 0.6 is 27.7 Å². The van der Waals surface area contributed by atoms with E-state index in [1.54, 1.807) is 6.08 Å². The van der Waals surface area contributed by atoms with Gasteiger partial charge >= 0.3 is 0 Å². The van der Waals surface area contributed by atoms with Crippen LogP contribution in [-0.2, 0) is 33.8 Å². The van der Waals surface area contributed by atoms with Crippen molar-refractivity contribution in [3.8, 4) is 0 Å². The summed E-state index contributed by atoms with van der Waals surface area (Å²) in [5, 5.41) is 3.65. The summed E-state index contributed by atoms with van der Waals surface area (Å²) in [6.07, 6.45) is 6.56. The number of nitrogens with zero attached hydrogens (tertiary/aromatic N) is 2. The Morgan fingerprint density at radius 1 is 1.22 bits per heavy atom. The van der Waals surface area contributed by atoms with E-state index in [1.165, 1.54) is 4.90 Å².